The molecule has 8 N–H and O–H groups in total. The Labute approximate surface area is 193 Å². The van der Waals surface area contributed by atoms with Crippen LogP contribution >= 0.6 is 0 Å². The second kappa shape index (κ2) is 13.7. The van der Waals surface area contributed by atoms with Gasteiger partial charge in [0.2, 0.25) is 17.7 Å². The van der Waals surface area contributed by atoms with Gasteiger partial charge >= 0.3 is 11.9 Å². The van der Waals surface area contributed by atoms with Crippen LogP contribution in [0.3, 0.4) is 0 Å². The molecule has 0 saturated carbocycles. The summed E-state index contributed by atoms with van der Waals surface area (Å²) in [5.41, 5.74) is 11.4. The molecule has 0 aromatic heterocycles. The highest BCUT2D eigenvalue weighted by Gasteiger charge is 2.40. The van der Waals surface area contributed by atoms with Crippen molar-refractivity contribution in [1.82, 2.24) is 15.5 Å². The number of carboxylic acid groups (broad SMARTS) is 2. The van der Waals surface area contributed by atoms with E-state index in [1.807, 2.05) is 6.92 Å². The maximum Gasteiger partial charge on any atom is 0.326 e. The van der Waals surface area contributed by atoms with Gasteiger partial charge in [-0.3, -0.25) is 19.2 Å². The lowest BCUT2D eigenvalue weighted by Crippen LogP contribution is -2.58. The fourth-order valence-electron chi connectivity index (χ4n) is 3.71. The Bertz CT molecular complexity index is 717. The van der Waals surface area contributed by atoms with Crippen LogP contribution < -0.4 is 22.1 Å². The minimum atomic E-state index is -1.61. The van der Waals surface area contributed by atoms with Gasteiger partial charge in [-0.25, -0.2) is 4.79 Å². The van der Waals surface area contributed by atoms with Gasteiger partial charge in [-0.05, 0) is 38.1 Å². The number of likely N-dealkylation sites (tertiary alicyclic amines) is 1. The molecule has 0 bridgehead atoms. The first kappa shape index (κ1) is 28.3. The summed E-state index contributed by atoms with van der Waals surface area (Å²) in [6, 6.07) is -4.24. The Hall–Kier alpha value is -2.73. The molecule has 12 heteroatoms. The van der Waals surface area contributed by atoms with E-state index in [9.17, 15) is 29.1 Å². The highest BCUT2D eigenvalue weighted by Crippen LogP contribution is 2.22. The average molecular weight is 472 g/mol. The van der Waals surface area contributed by atoms with Gasteiger partial charge in [-0.1, -0.05) is 26.7 Å². The molecule has 0 aromatic carbocycles. The van der Waals surface area contributed by atoms with Crippen LogP contribution in [0.2, 0.25) is 0 Å². The third kappa shape index (κ3) is 8.61. The molecule has 1 rings (SSSR count). The van der Waals surface area contributed by atoms with Crippen LogP contribution in [-0.4, -0.2) is 82.0 Å². The molecule has 1 saturated heterocycles. The number of unbranched alkanes of at least 4 members (excludes halogenated alkanes) is 1. The lowest BCUT2D eigenvalue weighted by atomic mass is 9.96. The topological polar surface area (TPSA) is 205 Å². The third-order valence-corrected chi connectivity index (χ3v) is 5.91. The molecule has 12 nitrogen and oxygen atoms in total. The number of rotatable bonds is 14. The number of carbonyl (C=O) groups is 5. The molecular weight excluding hydrogens is 434 g/mol. The molecule has 33 heavy (non-hydrogen) atoms. The Morgan fingerprint density at radius 2 is 1.79 bits per heavy atom. The molecule has 1 aliphatic rings. The van der Waals surface area contributed by atoms with Gasteiger partial charge in [0, 0.05) is 6.54 Å². The lowest BCUT2D eigenvalue weighted by molar-refractivity contribution is -0.148. The molecule has 0 aromatic rings. The zero-order valence-corrected chi connectivity index (χ0v) is 19.3. The number of aliphatic carboxylic acids is 2. The molecule has 1 aliphatic heterocycles. The van der Waals surface area contributed by atoms with Gasteiger partial charge in [0.15, 0.2) is 0 Å². The van der Waals surface area contributed by atoms with E-state index in [1.54, 1.807) is 6.92 Å². The molecule has 0 radical (unpaired) electrons. The van der Waals surface area contributed by atoms with Gasteiger partial charge in [0.25, 0.3) is 0 Å². The van der Waals surface area contributed by atoms with Crippen molar-refractivity contribution in [3.63, 3.8) is 0 Å². The second-order valence-electron chi connectivity index (χ2n) is 8.45. The van der Waals surface area contributed by atoms with Crippen LogP contribution in [0.4, 0.5) is 0 Å². The van der Waals surface area contributed by atoms with Crippen LogP contribution in [0.15, 0.2) is 0 Å². The number of carbonyl (C=O) groups excluding carboxylic acids is 3. The Balaban J connectivity index is 2.93. The van der Waals surface area contributed by atoms with E-state index in [-0.39, 0.29) is 12.5 Å². The van der Waals surface area contributed by atoms with Crippen molar-refractivity contribution in [2.45, 2.75) is 83.0 Å². The predicted molar refractivity (Wildman–Crippen MR) is 119 cm³/mol. The fraction of sp³-hybridized carbons (Fsp3) is 0.762. The van der Waals surface area contributed by atoms with Crippen LogP contribution in [0.1, 0.15) is 58.8 Å². The Morgan fingerprint density at radius 3 is 2.33 bits per heavy atom. The molecule has 0 aliphatic carbocycles. The smallest absolute Gasteiger partial charge is 0.326 e. The molecular formula is C21H37N5O7. The summed E-state index contributed by atoms with van der Waals surface area (Å²) >= 11 is 0. The van der Waals surface area contributed by atoms with Crippen molar-refractivity contribution in [3.8, 4) is 0 Å². The summed E-state index contributed by atoms with van der Waals surface area (Å²) in [5.74, 6) is -4.73. The van der Waals surface area contributed by atoms with Crippen molar-refractivity contribution in [2.75, 3.05) is 13.1 Å². The maximum absolute atomic E-state index is 13.3. The van der Waals surface area contributed by atoms with Crippen molar-refractivity contribution in [3.05, 3.63) is 0 Å². The average Bonchev–Trinajstić information content (AvgIpc) is 3.25. The summed E-state index contributed by atoms with van der Waals surface area (Å²) in [7, 11) is 0. The molecule has 0 spiro atoms. The summed E-state index contributed by atoms with van der Waals surface area (Å²) in [4.78, 5) is 62.2. The zero-order chi connectivity index (χ0) is 25.1. The van der Waals surface area contributed by atoms with E-state index in [0.29, 0.717) is 38.6 Å². The molecule has 188 valence electrons. The van der Waals surface area contributed by atoms with E-state index in [0.717, 1.165) is 6.42 Å². The number of carboxylic acids is 2. The number of nitrogens with one attached hydrogen (secondary N) is 2. The molecule has 3 amide bonds. The first-order valence-electron chi connectivity index (χ1n) is 11.3. The highest BCUT2D eigenvalue weighted by molar-refractivity contribution is 5.95. The number of hydrogen-bond donors (Lipinski definition) is 6. The largest absolute Gasteiger partial charge is 0.481 e. The molecule has 1 fully saturated rings. The normalized spacial score (nSPS) is 19.3. The first-order chi connectivity index (χ1) is 15.5. The SMILES string of the molecule is CCC(C)C(NC(=O)C(N)CCCCN)C(=O)N1CCCC1C(=O)NC(CC(=O)O)C(=O)O. The summed E-state index contributed by atoms with van der Waals surface area (Å²) in [5, 5.41) is 23.0. The standard InChI is InChI=1S/C21H37N5O7/c1-3-12(2)17(25-18(29)13(23)7-4-5-9-22)20(31)26-10-6-8-15(26)19(30)24-14(21(32)33)11-16(27)28/h12-15,17H,3-11,22-23H2,1-2H3,(H,24,30)(H,25,29)(H,27,28)(H,32,33). The number of nitrogens with zero attached hydrogens (tertiary/aromatic N) is 1. The monoisotopic (exact) mass is 471 g/mol. The van der Waals surface area contributed by atoms with E-state index in [2.05, 4.69) is 10.6 Å². The lowest BCUT2D eigenvalue weighted by Gasteiger charge is -2.32. The zero-order valence-electron chi connectivity index (χ0n) is 19.3. The summed E-state index contributed by atoms with van der Waals surface area (Å²) in [6.45, 7) is 4.44. The number of nitrogens with two attached hydrogens (primary N) is 2. The van der Waals surface area contributed by atoms with E-state index in [1.165, 1.54) is 4.90 Å². The number of amides is 3. The van der Waals surface area contributed by atoms with Gasteiger partial charge < -0.3 is 37.2 Å². The molecule has 1 heterocycles. The van der Waals surface area contributed by atoms with Crippen LogP contribution in [0, 0.1) is 5.92 Å². The van der Waals surface area contributed by atoms with Crippen LogP contribution in [0.5, 0.6) is 0 Å². The Kier molecular flexibility index (Phi) is 11.8. The van der Waals surface area contributed by atoms with Crippen molar-refractivity contribution in [2.24, 2.45) is 17.4 Å². The fourth-order valence-corrected chi connectivity index (χ4v) is 3.71. The number of hydrogen-bond acceptors (Lipinski definition) is 7. The van der Waals surface area contributed by atoms with Gasteiger partial charge in [-0.2, -0.15) is 0 Å². The van der Waals surface area contributed by atoms with E-state index in [4.69, 9.17) is 16.6 Å². The third-order valence-electron chi connectivity index (χ3n) is 5.91. The maximum atomic E-state index is 13.3. The summed E-state index contributed by atoms with van der Waals surface area (Å²) < 4.78 is 0. The van der Waals surface area contributed by atoms with E-state index < -0.39 is 60.2 Å². The van der Waals surface area contributed by atoms with Gasteiger partial charge in [-0.15, -0.1) is 0 Å². The van der Waals surface area contributed by atoms with Crippen molar-refractivity contribution >= 4 is 29.7 Å². The minimum Gasteiger partial charge on any atom is -0.481 e. The Morgan fingerprint density at radius 1 is 1.12 bits per heavy atom. The van der Waals surface area contributed by atoms with Crippen molar-refractivity contribution < 1.29 is 34.2 Å². The second-order valence-corrected chi connectivity index (χ2v) is 8.45. The van der Waals surface area contributed by atoms with Crippen LogP contribution in [-0.2, 0) is 24.0 Å². The van der Waals surface area contributed by atoms with Crippen LogP contribution in [0.25, 0.3) is 0 Å². The molecule has 5 atom stereocenters. The minimum absolute atomic E-state index is 0.235. The first-order valence-corrected chi connectivity index (χ1v) is 11.3. The highest BCUT2D eigenvalue weighted by atomic mass is 16.4. The molecule has 5 unspecified atom stereocenters. The van der Waals surface area contributed by atoms with Gasteiger partial charge in [0.1, 0.15) is 18.1 Å². The quantitative estimate of drug-likeness (QED) is 0.172. The summed E-state index contributed by atoms with van der Waals surface area (Å²) in [6.07, 6.45) is 2.47. The van der Waals surface area contributed by atoms with Crippen molar-refractivity contribution in [1.29, 1.82) is 0 Å². The van der Waals surface area contributed by atoms with Gasteiger partial charge in [0.05, 0.1) is 12.5 Å². The van der Waals surface area contributed by atoms with E-state index >= 15 is 0 Å². The predicted octanol–water partition coefficient (Wildman–Crippen LogP) is -0.991.